The van der Waals surface area contributed by atoms with E-state index in [0.717, 1.165) is 50.9 Å². The van der Waals surface area contributed by atoms with E-state index >= 15 is 0 Å². The fourth-order valence-electron chi connectivity index (χ4n) is 7.79. The lowest BCUT2D eigenvalue weighted by Crippen LogP contribution is -2.25. The summed E-state index contributed by atoms with van der Waals surface area (Å²) in [6.45, 7) is 11.7. The number of pyridine rings is 2. The summed E-state index contributed by atoms with van der Waals surface area (Å²) in [5, 5.41) is 2.35. The number of rotatable bonds is 6. The Kier molecular flexibility index (Phi) is 7.77. The van der Waals surface area contributed by atoms with Gasteiger partial charge in [0.1, 0.15) is 24.0 Å². The average molecular weight is 692 g/mol. The van der Waals surface area contributed by atoms with Gasteiger partial charge in [-0.2, -0.15) is 0 Å². The Morgan fingerprint density at radius 2 is 1.34 bits per heavy atom. The smallest absolute Gasteiger partial charge is 0.158 e. The molecule has 0 N–H and O–H groups in total. The van der Waals surface area contributed by atoms with Crippen molar-refractivity contribution >= 4 is 44.7 Å². The molecule has 0 saturated carbocycles. The Bertz CT molecular complexity index is 2630. The molecule has 5 aromatic carbocycles. The quantitative estimate of drug-likeness (QED) is 0.174. The van der Waals surface area contributed by atoms with Gasteiger partial charge in [0.15, 0.2) is 5.82 Å². The molecule has 0 spiro atoms. The van der Waals surface area contributed by atoms with Crippen molar-refractivity contribution in [3.8, 4) is 28.4 Å². The molecule has 6 heteroatoms. The highest BCUT2D eigenvalue weighted by atomic mass is 16.5. The first-order valence-corrected chi connectivity index (χ1v) is 18.2. The second-order valence-corrected chi connectivity index (χ2v) is 15.0. The third kappa shape index (κ3) is 5.77. The molecule has 4 heterocycles. The number of hydrogen-bond donors (Lipinski definition) is 0. The molecule has 0 fully saturated rings. The predicted molar refractivity (Wildman–Crippen MR) is 219 cm³/mol. The van der Waals surface area contributed by atoms with E-state index in [4.69, 9.17) is 14.7 Å². The third-order valence-electron chi connectivity index (χ3n) is 10.3. The molecule has 8 aromatic rings. The Balaban J connectivity index is 1.06. The Morgan fingerprint density at radius 3 is 2.15 bits per heavy atom. The molecule has 6 nitrogen and oxygen atoms in total. The number of nitrogens with zero attached hydrogens (tertiary/aromatic N) is 5. The van der Waals surface area contributed by atoms with Crippen LogP contribution in [0, 0.1) is 13.8 Å². The number of benzene rings is 5. The van der Waals surface area contributed by atoms with Crippen LogP contribution in [0.4, 0.5) is 22.9 Å². The van der Waals surface area contributed by atoms with E-state index in [1.807, 2.05) is 24.5 Å². The number of aromatic nitrogens is 3. The van der Waals surface area contributed by atoms with Crippen LogP contribution in [-0.4, -0.2) is 21.2 Å². The van der Waals surface area contributed by atoms with Crippen molar-refractivity contribution in [3.63, 3.8) is 0 Å². The summed E-state index contributed by atoms with van der Waals surface area (Å²) < 4.78 is 8.91. The molecule has 0 bridgehead atoms. The van der Waals surface area contributed by atoms with E-state index in [0.29, 0.717) is 6.67 Å². The molecule has 260 valence electrons. The molecular formula is C47H41N5O. The van der Waals surface area contributed by atoms with Gasteiger partial charge in [-0.3, -0.25) is 4.57 Å². The van der Waals surface area contributed by atoms with E-state index in [2.05, 4.69) is 170 Å². The summed E-state index contributed by atoms with van der Waals surface area (Å²) in [6, 6.07) is 46.8. The number of ether oxygens (including phenoxy) is 1. The molecule has 0 aliphatic carbocycles. The molecular weight excluding hydrogens is 651 g/mol. The minimum Gasteiger partial charge on any atom is -0.457 e. The lowest BCUT2D eigenvalue weighted by molar-refractivity contribution is 0.483. The zero-order valence-electron chi connectivity index (χ0n) is 30.7. The van der Waals surface area contributed by atoms with Crippen molar-refractivity contribution in [3.05, 3.63) is 163 Å². The third-order valence-corrected chi connectivity index (χ3v) is 10.3. The van der Waals surface area contributed by atoms with Gasteiger partial charge < -0.3 is 14.5 Å². The van der Waals surface area contributed by atoms with Crippen LogP contribution >= 0.6 is 0 Å². The van der Waals surface area contributed by atoms with Crippen molar-refractivity contribution in [2.45, 2.75) is 40.0 Å². The van der Waals surface area contributed by atoms with Crippen LogP contribution < -0.4 is 14.5 Å². The van der Waals surface area contributed by atoms with E-state index in [1.54, 1.807) is 0 Å². The maximum absolute atomic E-state index is 6.65. The van der Waals surface area contributed by atoms with Gasteiger partial charge in [0.25, 0.3) is 0 Å². The van der Waals surface area contributed by atoms with Gasteiger partial charge in [0.05, 0.1) is 22.4 Å². The van der Waals surface area contributed by atoms with Crippen LogP contribution in [0.1, 0.15) is 37.5 Å². The van der Waals surface area contributed by atoms with E-state index in [9.17, 15) is 0 Å². The van der Waals surface area contributed by atoms with Crippen molar-refractivity contribution in [1.29, 1.82) is 0 Å². The minimum absolute atomic E-state index is 0.00331. The monoisotopic (exact) mass is 691 g/mol. The Labute approximate surface area is 310 Å². The standard InChI is InChI=1S/C47H41N5O/c1-31-25-34(33-13-7-6-8-14-33)26-32(2)45(31)51-30-50(42-19-12-23-49-46(42)51)36-15-11-16-37(28-36)53-38-20-21-40-39-17-9-10-18-41(39)52(43(40)29-38)44-27-35(22-24-48-44)47(3,4)5/h6-29H,30H2,1-5H3. The molecule has 3 aromatic heterocycles. The Morgan fingerprint density at radius 1 is 0.585 bits per heavy atom. The highest BCUT2D eigenvalue weighted by Gasteiger charge is 2.31. The molecule has 0 unspecified atom stereocenters. The van der Waals surface area contributed by atoms with Gasteiger partial charge in [0, 0.05) is 41.0 Å². The second-order valence-electron chi connectivity index (χ2n) is 15.0. The van der Waals surface area contributed by atoms with Gasteiger partial charge in [0.2, 0.25) is 0 Å². The number of anilines is 4. The van der Waals surface area contributed by atoms with Crippen molar-refractivity contribution in [1.82, 2.24) is 14.5 Å². The highest BCUT2D eigenvalue weighted by Crippen LogP contribution is 2.46. The van der Waals surface area contributed by atoms with Gasteiger partial charge in [-0.15, -0.1) is 0 Å². The van der Waals surface area contributed by atoms with E-state index < -0.39 is 0 Å². The van der Waals surface area contributed by atoms with E-state index in [-0.39, 0.29) is 5.41 Å². The van der Waals surface area contributed by atoms with E-state index in [1.165, 1.54) is 38.9 Å². The minimum atomic E-state index is 0.00331. The van der Waals surface area contributed by atoms with Crippen LogP contribution in [0.3, 0.4) is 0 Å². The normalized spacial score (nSPS) is 12.8. The van der Waals surface area contributed by atoms with Crippen LogP contribution in [0.2, 0.25) is 0 Å². The fourth-order valence-corrected chi connectivity index (χ4v) is 7.79. The first kappa shape index (κ1) is 32.5. The van der Waals surface area contributed by atoms with Gasteiger partial charge in [-0.05, 0) is 114 Å². The summed E-state index contributed by atoms with van der Waals surface area (Å²) in [7, 11) is 0. The molecule has 53 heavy (non-hydrogen) atoms. The van der Waals surface area contributed by atoms with Gasteiger partial charge in [-0.1, -0.05) is 75.4 Å². The SMILES string of the molecule is Cc1cc(-c2ccccc2)cc(C)c1N1CN(c2cccc(Oc3ccc4c5ccccc5n(-c5cc(C(C)(C)C)ccn5)c4c3)c2)c2cccnc21. The molecule has 1 aliphatic rings. The predicted octanol–water partition coefficient (Wildman–Crippen LogP) is 12.2. The van der Waals surface area contributed by atoms with Crippen molar-refractivity contribution in [2.75, 3.05) is 16.5 Å². The van der Waals surface area contributed by atoms with Crippen LogP contribution in [-0.2, 0) is 5.41 Å². The number of para-hydroxylation sites is 1. The molecule has 9 rings (SSSR count). The van der Waals surface area contributed by atoms with Crippen LogP contribution in [0.5, 0.6) is 11.5 Å². The summed E-state index contributed by atoms with van der Waals surface area (Å²) in [5.41, 5.74) is 11.6. The Hall–Kier alpha value is -6.40. The number of fused-ring (bicyclic) bond motifs is 4. The first-order valence-electron chi connectivity index (χ1n) is 18.2. The second kappa shape index (κ2) is 12.7. The van der Waals surface area contributed by atoms with Gasteiger partial charge in [-0.25, -0.2) is 9.97 Å². The van der Waals surface area contributed by atoms with Crippen molar-refractivity contribution in [2.24, 2.45) is 0 Å². The zero-order valence-corrected chi connectivity index (χ0v) is 30.7. The maximum Gasteiger partial charge on any atom is 0.158 e. The largest absolute Gasteiger partial charge is 0.457 e. The summed E-state index contributed by atoms with van der Waals surface area (Å²) in [4.78, 5) is 14.4. The highest BCUT2D eigenvalue weighted by molar-refractivity contribution is 6.09. The topological polar surface area (TPSA) is 46.4 Å². The van der Waals surface area contributed by atoms with Crippen LogP contribution in [0.15, 0.2) is 146 Å². The summed E-state index contributed by atoms with van der Waals surface area (Å²) >= 11 is 0. The lowest BCUT2D eigenvalue weighted by atomic mass is 9.88. The zero-order chi connectivity index (χ0) is 36.3. The molecule has 0 saturated heterocycles. The summed E-state index contributed by atoms with van der Waals surface area (Å²) in [6.07, 6.45) is 3.79. The molecule has 0 amide bonds. The molecule has 1 aliphatic heterocycles. The van der Waals surface area contributed by atoms with Crippen molar-refractivity contribution < 1.29 is 4.74 Å². The number of hydrogen-bond acceptors (Lipinski definition) is 5. The lowest BCUT2D eigenvalue weighted by Gasteiger charge is -2.25. The molecule has 0 radical (unpaired) electrons. The fraction of sp³-hybridized carbons (Fsp3) is 0.149. The maximum atomic E-state index is 6.65. The molecule has 0 atom stereocenters. The first-order chi connectivity index (χ1) is 25.7. The summed E-state index contributed by atoms with van der Waals surface area (Å²) in [5.74, 6) is 3.37. The average Bonchev–Trinajstić information content (AvgIpc) is 3.71. The van der Waals surface area contributed by atoms with Gasteiger partial charge >= 0.3 is 0 Å². The van der Waals surface area contributed by atoms with Crippen LogP contribution in [0.25, 0.3) is 38.8 Å². The number of aryl methyl sites for hydroxylation is 2.